The summed E-state index contributed by atoms with van der Waals surface area (Å²) in [5.74, 6) is -0.889. The van der Waals surface area contributed by atoms with Crippen molar-refractivity contribution in [3.8, 4) is 0 Å². The molecule has 1 aromatic heterocycles. The summed E-state index contributed by atoms with van der Waals surface area (Å²) in [7, 11) is 0. The molecule has 1 aliphatic rings. The van der Waals surface area contributed by atoms with Gasteiger partial charge in [0, 0.05) is 4.88 Å². The van der Waals surface area contributed by atoms with Gasteiger partial charge in [0.25, 0.3) is 0 Å². The number of carboxylic acids is 1. The molecule has 1 unspecified atom stereocenters. The summed E-state index contributed by atoms with van der Waals surface area (Å²) in [6.45, 7) is 2.25. The van der Waals surface area contributed by atoms with Gasteiger partial charge in [-0.05, 0) is 25.7 Å². The zero-order valence-corrected chi connectivity index (χ0v) is 10.8. The number of nitrogens with zero attached hydrogens (tertiary/aromatic N) is 1. The Kier molecular flexibility index (Phi) is 3.81. The number of urea groups is 1. The molecule has 7 heteroatoms. The van der Waals surface area contributed by atoms with E-state index in [2.05, 4.69) is 15.6 Å². The average molecular weight is 269 g/mol. The van der Waals surface area contributed by atoms with E-state index in [1.165, 1.54) is 11.3 Å². The van der Waals surface area contributed by atoms with Gasteiger partial charge in [-0.3, -0.25) is 0 Å². The second kappa shape index (κ2) is 5.34. The van der Waals surface area contributed by atoms with Crippen molar-refractivity contribution in [3.05, 3.63) is 16.1 Å². The molecular formula is C11H15N3O3S. The highest BCUT2D eigenvalue weighted by atomic mass is 32.1. The van der Waals surface area contributed by atoms with E-state index in [0.29, 0.717) is 6.54 Å². The molecule has 2 amide bonds. The number of aromatic nitrogens is 1. The van der Waals surface area contributed by atoms with Crippen molar-refractivity contribution >= 4 is 23.3 Å². The molecule has 1 fully saturated rings. The second-order valence-electron chi connectivity index (χ2n) is 4.34. The molecule has 0 spiro atoms. The summed E-state index contributed by atoms with van der Waals surface area (Å²) in [5, 5.41) is 14.1. The fourth-order valence-electron chi connectivity index (χ4n) is 1.66. The Morgan fingerprint density at radius 2 is 2.33 bits per heavy atom. The Morgan fingerprint density at radius 3 is 2.83 bits per heavy atom. The standard InChI is InChI=1S/C11H15N3O3S/c1-6-8(18-5-13-6)4-12-11(17)14-9(10(15)16)7-2-3-7/h5,7,9H,2-4H2,1H3,(H,15,16)(H2,12,14,17). The van der Waals surface area contributed by atoms with Crippen LogP contribution in [0.5, 0.6) is 0 Å². The van der Waals surface area contributed by atoms with Gasteiger partial charge in [0.15, 0.2) is 0 Å². The van der Waals surface area contributed by atoms with Gasteiger partial charge < -0.3 is 15.7 Å². The van der Waals surface area contributed by atoms with Gasteiger partial charge in [0.1, 0.15) is 6.04 Å². The van der Waals surface area contributed by atoms with Crippen molar-refractivity contribution in [2.24, 2.45) is 5.92 Å². The summed E-state index contributed by atoms with van der Waals surface area (Å²) in [6.07, 6.45) is 1.73. The molecule has 1 heterocycles. The van der Waals surface area contributed by atoms with E-state index in [0.717, 1.165) is 23.4 Å². The number of rotatable bonds is 5. The number of hydrogen-bond acceptors (Lipinski definition) is 4. The van der Waals surface area contributed by atoms with Crippen LogP contribution < -0.4 is 10.6 Å². The highest BCUT2D eigenvalue weighted by Gasteiger charge is 2.37. The number of carboxylic acid groups (broad SMARTS) is 1. The lowest BCUT2D eigenvalue weighted by Crippen LogP contribution is -2.46. The smallest absolute Gasteiger partial charge is 0.326 e. The molecular weight excluding hydrogens is 254 g/mol. The van der Waals surface area contributed by atoms with Crippen LogP contribution in [0.2, 0.25) is 0 Å². The van der Waals surface area contributed by atoms with Gasteiger partial charge in [0.05, 0.1) is 17.7 Å². The quantitative estimate of drug-likeness (QED) is 0.747. The first-order valence-corrected chi connectivity index (χ1v) is 6.62. The summed E-state index contributed by atoms with van der Waals surface area (Å²) in [6, 6.07) is -1.21. The minimum Gasteiger partial charge on any atom is -0.480 e. The number of thiazole rings is 1. The minimum absolute atomic E-state index is 0.0818. The SMILES string of the molecule is Cc1ncsc1CNC(=O)NC(C(=O)O)C1CC1. The van der Waals surface area contributed by atoms with E-state index in [1.54, 1.807) is 5.51 Å². The first kappa shape index (κ1) is 12.8. The van der Waals surface area contributed by atoms with Crippen LogP contribution in [0.4, 0.5) is 4.79 Å². The van der Waals surface area contributed by atoms with Crippen molar-refractivity contribution in [2.75, 3.05) is 0 Å². The van der Waals surface area contributed by atoms with E-state index in [1.807, 2.05) is 6.92 Å². The van der Waals surface area contributed by atoms with E-state index in [4.69, 9.17) is 5.11 Å². The summed E-state index contributed by atoms with van der Waals surface area (Å²) in [5.41, 5.74) is 2.60. The van der Waals surface area contributed by atoms with E-state index in [-0.39, 0.29) is 5.92 Å². The molecule has 1 aromatic rings. The number of nitrogens with one attached hydrogen (secondary N) is 2. The average Bonchev–Trinajstić information content (AvgIpc) is 3.07. The van der Waals surface area contributed by atoms with Crippen LogP contribution in [0, 0.1) is 12.8 Å². The number of hydrogen-bond donors (Lipinski definition) is 3. The topological polar surface area (TPSA) is 91.3 Å². The molecule has 0 bridgehead atoms. The second-order valence-corrected chi connectivity index (χ2v) is 5.28. The molecule has 0 radical (unpaired) electrons. The van der Waals surface area contributed by atoms with Gasteiger partial charge in [-0.1, -0.05) is 0 Å². The number of aryl methyl sites for hydroxylation is 1. The van der Waals surface area contributed by atoms with Crippen molar-refractivity contribution in [1.29, 1.82) is 0 Å². The van der Waals surface area contributed by atoms with E-state index in [9.17, 15) is 9.59 Å². The zero-order chi connectivity index (χ0) is 13.1. The molecule has 18 heavy (non-hydrogen) atoms. The van der Waals surface area contributed by atoms with Crippen molar-refractivity contribution in [2.45, 2.75) is 32.4 Å². The highest BCUT2D eigenvalue weighted by molar-refractivity contribution is 7.09. The van der Waals surface area contributed by atoms with Gasteiger partial charge in [-0.25, -0.2) is 14.6 Å². The van der Waals surface area contributed by atoms with Crippen LogP contribution in [0.3, 0.4) is 0 Å². The van der Waals surface area contributed by atoms with Crippen molar-refractivity contribution < 1.29 is 14.7 Å². The number of aliphatic carboxylic acids is 1. The third-order valence-electron chi connectivity index (χ3n) is 2.90. The fourth-order valence-corrected chi connectivity index (χ4v) is 2.38. The molecule has 1 aliphatic carbocycles. The summed E-state index contributed by atoms with van der Waals surface area (Å²) < 4.78 is 0. The van der Waals surface area contributed by atoms with Crippen LogP contribution >= 0.6 is 11.3 Å². The lowest BCUT2D eigenvalue weighted by atomic mass is 10.2. The first-order chi connectivity index (χ1) is 8.58. The van der Waals surface area contributed by atoms with Gasteiger partial charge >= 0.3 is 12.0 Å². The molecule has 3 N–H and O–H groups in total. The third kappa shape index (κ3) is 3.19. The van der Waals surface area contributed by atoms with Gasteiger partial charge in [0.2, 0.25) is 0 Å². The lowest BCUT2D eigenvalue weighted by molar-refractivity contribution is -0.139. The van der Waals surface area contributed by atoms with Crippen LogP contribution in [-0.2, 0) is 11.3 Å². The first-order valence-electron chi connectivity index (χ1n) is 5.74. The Hall–Kier alpha value is -1.63. The maximum Gasteiger partial charge on any atom is 0.326 e. The predicted molar refractivity (Wildman–Crippen MR) is 66.4 cm³/mol. The number of carbonyl (C=O) groups is 2. The molecule has 98 valence electrons. The largest absolute Gasteiger partial charge is 0.480 e. The summed E-state index contributed by atoms with van der Waals surface area (Å²) >= 11 is 1.47. The van der Waals surface area contributed by atoms with Crippen LogP contribution in [0.25, 0.3) is 0 Å². The van der Waals surface area contributed by atoms with Crippen LogP contribution in [-0.4, -0.2) is 28.1 Å². The zero-order valence-electron chi connectivity index (χ0n) is 9.97. The Labute approximate surface area is 108 Å². The fraction of sp³-hybridized carbons (Fsp3) is 0.545. The maximum atomic E-state index is 11.6. The Bertz CT molecular complexity index is 456. The minimum atomic E-state index is -0.971. The molecule has 0 saturated heterocycles. The third-order valence-corrected chi connectivity index (χ3v) is 3.84. The molecule has 1 saturated carbocycles. The van der Waals surface area contributed by atoms with Crippen molar-refractivity contribution in [3.63, 3.8) is 0 Å². The van der Waals surface area contributed by atoms with Crippen LogP contribution in [0.15, 0.2) is 5.51 Å². The molecule has 2 rings (SSSR count). The summed E-state index contributed by atoms with van der Waals surface area (Å²) in [4.78, 5) is 27.6. The molecule has 6 nitrogen and oxygen atoms in total. The Morgan fingerprint density at radius 1 is 1.61 bits per heavy atom. The van der Waals surface area contributed by atoms with Crippen LogP contribution in [0.1, 0.15) is 23.4 Å². The van der Waals surface area contributed by atoms with Crippen molar-refractivity contribution in [1.82, 2.24) is 15.6 Å². The van der Waals surface area contributed by atoms with E-state index >= 15 is 0 Å². The number of amides is 2. The maximum absolute atomic E-state index is 11.6. The molecule has 1 atom stereocenters. The molecule has 0 aromatic carbocycles. The predicted octanol–water partition coefficient (Wildman–Crippen LogP) is 1.11. The highest BCUT2D eigenvalue weighted by Crippen LogP contribution is 2.32. The normalized spacial score (nSPS) is 16.1. The monoisotopic (exact) mass is 269 g/mol. The molecule has 0 aliphatic heterocycles. The van der Waals surface area contributed by atoms with Gasteiger partial charge in [-0.2, -0.15) is 0 Å². The van der Waals surface area contributed by atoms with Gasteiger partial charge in [-0.15, -0.1) is 11.3 Å². The number of carbonyl (C=O) groups excluding carboxylic acids is 1. The lowest BCUT2D eigenvalue weighted by Gasteiger charge is -2.14. The Balaban J connectivity index is 1.81. The van der Waals surface area contributed by atoms with E-state index < -0.39 is 18.0 Å².